The van der Waals surface area contributed by atoms with Crippen molar-refractivity contribution in [2.75, 3.05) is 16.9 Å². The lowest BCUT2D eigenvalue weighted by Crippen LogP contribution is -2.13. The summed E-state index contributed by atoms with van der Waals surface area (Å²) in [4.78, 5) is 38.0. The summed E-state index contributed by atoms with van der Waals surface area (Å²) in [6.07, 6.45) is 0.901. The van der Waals surface area contributed by atoms with Gasteiger partial charge in [-0.25, -0.2) is 13.4 Å². The Morgan fingerprint density at radius 2 is 1.77 bits per heavy atom. The number of nitrogens with one attached hydrogen (secondary N) is 2. The van der Waals surface area contributed by atoms with Crippen LogP contribution >= 0.6 is 11.3 Å². The normalized spacial score (nSPS) is 11.0. The number of non-ortho nitro benzene ring substituents is 1. The molecule has 160 valence electrons. The zero-order valence-electron chi connectivity index (χ0n) is 16.3. The maximum Gasteiger partial charge on any atom is 0.271 e. The molecule has 0 bridgehead atoms. The molecule has 12 heteroatoms. The van der Waals surface area contributed by atoms with Crippen molar-refractivity contribution in [1.82, 2.24) is 4.98 Å². The first-order chi connectivity index (χ1) is 14.5. The van der Waals surface area contributed by atoms with Crippen LogP contribution in [0.5, 0.6) is 0 Å². The van der Waals surface area contributed by atoms with E-state index < -0.39 is 26.4 Å². The highest BCUT2D eigenvalue weighted by Crippen LogP contribution is 2.27. The maximum absolute atomic E-state index is 12.6. The van der Waals surface area contributed by atoms with Crippen LogP contribution in [-0.2, 0) is 14.6 Å². The van der Waals surface area contributed by atoms with Gasteiger partial charge in [-0.3, -0.25) is 25.0 Å². The Kier molecular flexibility index (Phi) is 6.13. The molecule has 0 fully saturated rings. The van der Waals surface area contributed by atoms with Crippen LogP contribution in [-0.4, -0.2) is 36.4 Å². The number of amides is 2. The minimum absolute atomic E-state index is 0.175. The Balaban J connectivity index is 1.82. The number of carbonyl (C=O) groups excluding carboxylic acids is 2. The predicted molar refractivity (Wildman–Crippen MR) is 116 cm³/mol. The number of benzene rings is 2. The number of nitro groups is 1. The number of carbonyl (C=O) groups is 2. The third-order valence-corrected chi connectivity index (χ3v) is 5.87. The summed E-state index contributed by atoms with van der Waals surface area (Å²) in [7, 11) is -3.75. The lowest BCUT2D eigenvalue weighted by molar-refractivity contribution is -0.385. The summed E-state index contributed by atoms with van der Waals surface area (Å²) in [5.41, 5.74) is 1.27. The molecular weight excluding hydrogens is 444 g/mol. The van der Waals surface area contributed by atoms with Gasteiger partial charge in [-0.15, -0.1) is 11.3 Å². The summed E-state index contributed by atoms with van der Waals surface area (Å²) < 4.78 is 23.6. The third kappa shape index (κ3) is 5.49. The zero-order valence-corrected chi connectivity index (χ0v) is 17.9. The molecular formula is C19H16N4O6S2. The van der Waals surface area contributed by atoms with Crippen molar-refractivity contribution in [3.05, 3.63) is 63.5 Å². The topological polar surface area (TPSA) is 148 Å². The predicted octanol–water partition coefficient (Wildman–Crippen LogP) is 3.33. The smallest absolute Gasteiger partial charge is 0.271 e. The fraction of sp³-hybridized carbons (Fsp3) is 0.105. The van der Waals surface area contributed by atoms with Crippen LogP contribution in [0.2, 0.25) is 0 Å². The van der Waals surface area contributed by atoms with Gasteiger partial charge in [0.05, 0.1) is 15.5 Å². The van der Waals surface area contributed by atoms with Crippen LogP contribution in [0.1, 0.15) is 17.3 Å². The number of hydrogen-bond donors (Lipinski definition) is 2. The van der Waals surface area contributed by atoms with Crippen molar-refractivity contribution in [1.29, 1.82) is 0 Å². The van der Waals surface area contributed by atoms with Gasteiger partial charge in [0.25, 0.3) is 11.6 Å². The molecule has 2 N–H and O–H groups in total. The second-order valence-corrected chi connectivity index (χ2v) is 9.37. The van der Waals surface area contributed by atoms with Gasteiger partial charge in [-0.1, -0.05) is 12.1 Å². The number of aromatic nitrogens is 1. The quantitative estimate of drug-likeness (QED) is 0.423. The average molecular weight is 460 g/mol. The molecule has 0 spiro atoms. The molecule has 2 amide bonds. The molecule has 0 radical (unpaired) electrons. The third-order valence-electron chi connectivity index (χ3n) is 4.02. The van der Waals surface area contributed by atoms with Gasteiger partial charge in [0.15, 0.2) is 15.0 Å². The molecule has 0 atom stereocenters. The van der Waals surface area contributed by atoms with Crippen molar-refractivity contribution < 1.29 is 22.9 Å². The molecule has 10 nitrogen and oxygen atoms in total. The summed E-state index contributed by atoms with van der Waals surface area (Å²) in [6, 6.07) is 9.91. The second-order valence-electron chi connectivity index (χ2n) is 6.50. The Bertz CT molecular complexity index is 1280. The summed E-state index contributed by atoms with van der Waals surface area (Å²) in [6.45, 7) is 1.41. The summed E-state index contributed by atoms with van der Waals surface area (Å²) in [5.74, 6) is -0.915. The van der Waals surface area contributed by atoms with Crippen LogP contribution < -0.4 is 10.6 Å². The second kappa shape index (κ2) is 8.62. The fourth-order valence-corrected chi connectivity index (χ4v) is 3.99. The van der Waals surface area contributed by atoms with Crippen molar-refractivity contribution in [2.24, 2.45) is 0 Å². The molecule has 31 heavy (non-hydrogen) atoms. The highest BCUT2D eigenvalue weighted by Gasteiger charge is 2.20. The standard InChI is InChI=1S/C19H16N4O6S2/c1-11(24)20-14-5-3-12(4-6-14)17-10-30-19(21-17)22-18(25)13-7-15(23(26)27)9-16(8-13)31(2,28)29/h3-10H,1-2H3,(H,20,24)(H,21,22,25). The summed E-state index contributed by atoms with van der Waals surface area (Å²) in [5, 5.41) is 18.2. The van der Waals surface area contributed by atoms with Crippen molar-refractivity contribution in [3.63, 3.8) is 0 Å². The average Bonchev–Trinajstić information content (AvgIpc) is 3.15. The van der Waals surface area contributed by atoms with E-state index in [1.165, 1.54) is 6.92 Å². The molecule has 3 aromatic rings. The van der Waals surface area contributed by atoms with Crippen LogP contribution in [0, 0.1) is 10.1 Å². The number of anilines is 2. The van der Waals surface area contributed by atoms with E-state index in [9.17, 15) is 28.1 Å². The molecule has 0 aliphatic heterocycles. The highest BCUT2D eigenvalue weighted by atomic mass is 32.2. The van der Waals surface area contributed by atoms with Crippen molar-refractivity contribution >= 4 is 49.5 Å². The number of hydrogen-bond acceptors (Lipinski definition) is 8. The summed E-state index contributed by atoms with van der Waals surface area (Å²) >= 11 is 1.14. The maximum atomic E-state index is 12.6. The van der Waals surface area contributed by atoms with E-state index in [4.69, 9.17) is 0 Å². The Labute approximate surface area is 181 Å². The molecule has 0 aliphatic carbocycles. The van der Waals surface area contributed by atoms with Gasteiger partial charge < -0.3 is 5.32 Å². The first-order valence-electron chi connectivity index (χ1n) is 8.67. The van der Waals surface area contributed by atoms with Gasteiger partial charge in [-0.05, 0) is 18.2 Å². The number of sulfone groups is 1. The number of thiazole rings is 1. The molecule has 3 rings (SSSR count). The molecule has 1 aromatic heterocycles. The van der Waals surface area contributed by atoms with Gasteiger partial charge in [0, 0.05) is 47.5 Å². The fourth-order valence-electron chi connectivity index (χ4n) is 2.59. The van der Waals surface area contributed by atoms with E-state index in [1.54, 1.807) is 29.6 Å². The molecule has 0 saturated carbocycles. The number of rotatable bonds is 6. The van der Waals surface area contributed by atoms with E-state index in [0.717, 1.165) is 41.4 Å². The highest BCUT2D eigenvalue weighted by molar-refractivity contribution is 7.90. The van der Waals surface area contributed by atoms with E-state index in [1.807, 2.05) is 0 Å². The van der Waals surface area contributed by atoms with Crippen molar-refractivity contribution in [2.45, 2.75) is 11.8 Å². The van der Waals surface area contributed by atoms with Crippen LogP contribution in [0.15, 0.2) is 52.7 Å². The zero-order chi connectivity index (χ0) is 22.8. The van der Waals surface area contributed by atoms with Crippen LogP contribution in [0.3, 0.4) is 0 Å². The molecule has 0 unspecified atom stereocenters. The Morgan fingerprint density at radius 3 is 2.35 bits per heavy atom. The van der Waals surface area contributed by atoms with E-state index in [0.29, 0.717) is 11.4 Å². The van der Waals surface area contributed by atoms with Gasteiger partial charge in [0.1, 0.15) is 0 Å². The Morgan fingerprint density at radius 1 is 1.10 bits per heavy atom. The molecule has 2 aromatic carbocycles. The number of nitro benzene ring substituents is 1. The lowest BCUT2D eigenvalue weighted by Gasteiger charge is -2.05. The largest absolute Gasteiger partial charge is 0.326 e. The number of nitrogens with zero attached hydrogens (tertiary/aromatic N) is 2. The van der Waals surface area contributed by atoms with E-state index in [-0.39, 0.29) is 21.5 Å². The SMILES string of the molecule is CC(=O)Nc1ccc(-c2csc(NC(=O)c3cc([N+](=O)[O-])cc(S(C)(=O)=O)c3)n2)cc1. The lowest BCUT2D eigenvalue weighted by atomic mass is 10.1. The Hall–Kier alpha value is -3.64. The van der Waals surface area contributed by atoms with Crippen molar-refractivity contribution in [3.8, 4) is 11.3 Å². The minimum atomic E-state index is -3.75. The van der Waals surface area contributed by atoms with Gasteiger partial charge in [-0.2, -0.15) is 0 Å². The van der Waals surface area contributed by atoms with Crippen LogP contribution in [0.4, 0.5) is 16.5 Å². The first kappa shape index (κ1) is 22.1. The first-order valence-corrected chi connectivity index (χ1v) is 11.4. The molecule has 0 saturated heterocycles. The van der Waals surface area contributed by atoms with Crippen LogP contribution in [0.25, 0.3) is 11.3 Å². The van der Waals surface area contributed by atoms with E-state index >= 15 is 0 Å². The molecule has 0 aliphatic rings. The van der Waals surface area contributed by atoms with Gasteiger partial charge >= 0.3 is 0 Å². The monoisotopic (exact) mass is 460 g/mol. The van der Waals surface area contributed by atoms with E-state index in [2.05, 4.69) is 15.6 Å². The molecule has 1 heterocycles. The van der Waals surface area contributed by atoms with Gasteiger partial charge in [0.2, 0.25) is 5.91 Å². The minimum Gasteiger partial charge on any atom is -0.326 e.